The zero-order valence-corrected chi connectivity index (χ0v) is 21.2. The van der Waals surface area contributed by atoms with Crippen LogP contribution in [0.1, 0.15) is 5.56 Å². The summed E-state index contributed by atoms with van der Waals surface area (Å²) in [6.07, 6.45) is 1.35. The van der Waals surface area contributed by atoms with Crippen molar-refractivity contribution >= 4 is 12.0 Å². The Morgan fingerprint density at radius 1 is 0.806 bits per heavy atom. The number of hydrogen-bond acceptors (Lipinski definition) is 11. The molecule has 0 saturated carbocycles. The van der Waals surface area contributed by atoms with Gasteiger partial charge in [-0.1, -0.05) is 5.11 Å². The number of ether oxygens (including phenoxy) is 9. The number of rotatable bonds is 21. The highest BCUT2D eigenvalue weighted by atomic mass is 16.6. The molecular weight excluding hydrogens is 478 g/mol. The van der Waals surface area contributed by atoms with Crippen molar-refractivity contribution in [2.45, 2.75) is 0 Å². The number of azide groups is 1. The summed E-state index contributed by atoms with van der Waals surface area (Å²) in [4.78, 5) is 14.4. The Morgan fingerprint density at radius 2 is 1.28 bits per heavy atom. The van der Waals surface area contributed by atoms with Gasteiger partial charge in [-0.2, -0.15) is 0 Å². The molecule has 1 rings (SSSR count). The van der Waals surface area contributed by atoms with E-state index in [1.807, 2.05) is 0 Å². The van der Waals surface area contributed by atoms with Gasteiger partial charge >= 0.3 is 5.97 Å². The molecule has 0 saturated heterocycles. The predicted molar refractivity (Wildman–Crippen MR) is 129 cm³/mol. The second-order valence-electron chi connectivity index (χ2n) is 6.76. The van der Waals surface area contributed by atoms with Gasteiger partial charge in [0.1, 0.15) is 12.3 Å². The first-order chi connectivity index (χ1) is 17.6. The molecule has 0 bridgehead atoms. The topological polar surface area (TPSA) is 149 Å². The highest BCUT2D eigenvalue weighted by Gasteiger charge is 2.15. The standard InChI is InChI=1S/C23H35N3O10/c1-28-5-6-32-7-8-33-9-10-34-11-12-35-13-14-36-22-20(29-2)16-18(17-21(22)30-3)15-19(25-26-24)23(27)31-4/h15-17H,5-14H2,1-4H3/b19-15-. The smallest absolute Gasteiger partial charge is 0.340 e. The number of esters is 1. The maximum absolute atomic E-state index is 11.8. The van der Waals surface area contributed by atoms with Crippen molar-refractivity contribution in [3.63, 3.8) is 0 Å². The van der Waals surface area contributed by atoms with Crippen LogP contribution in [0.25, 0.3) is 16.5 Å². The minimum Gasteiger partial charge on any atom is -0.493 e. The second-order valence-corrected chi connectivity index (χ2v) is 6.76. The first-order valence-electron chi connectivity index (χ1n) is 11.1. The molecule has 0 amide bonds. The molecule has 0 radical (unpaired) electrons. The van der Waals surface area contributed by atoms with Crippen molar-refractivity contribution in [1.82, 2.24) is 0 Å². The van der Waals surface area contributed by atoms with Gasteiger partial charge < -0.3 is 42.6 Å². The summed E-state index contributed by atoms with van der Waals surface area (Å²) in [6, 6.07) is 3.21. The van der Waals surface area contributed by atoms with Gasteiger partial charge in [-0.05, 0) is 29.3 Å². The Hall–Kier alpha value is -3.06. The van der Waals surface area contributed by atoms with Crippen molar-refractivity contribution in [1.29, 1.82) is 0 Å². The summed E-state index contributed by atoms with van der Waals surface area (Å²) in [5.41, 5.74) is 8.95. The lowest BCUT2D eigenvalue weighted by Crippen LogP contribution is -2.14. The minimum absolute atomic E-state index is 0.216. The largest absolute Gasteiger partial charge is 0.493 e. The van der Waals surface area contributed by atoms with Gasteiger partial charge in [-0.15, -0.1) is 0 Å². The molecule has 0 heterocycles. The van der Waals surface area contributed by atoms with Crippen LogP contribution < -0.4 is 14.2 Å². The first-order valence-corrected chi connectivity index (χ1v) is 11.1. The van der Waals surface area contributed by atoms with E-state index in [-0.39, 0.29) is 12.3 Å². The van der Waals surface area contributed by atoms with Crippen LogP contribution in [0, 0.1) is 0 Å². The average Bonchev–Trinajstić information content (AvgIpc) is 2.90. The SMILES string of the molecule is COCCOCCOCCOCCOCCOc1c(OC)cc(/C=C(\N=[N+]=[N-])C(=O)OC)cc1OC. The molecule has 0 N–H and O–H groups in total. The van der Waals surface area contributed by atoms with Crippen molar-refractivity contribution < 1.29 is 47.4 Å². The van der Waals surface area contributed by atoms with E-state index in [1.165, 1.54) is 27.4 Å². The quantitative estimate of drug-likeness (QED) is 0.0599. The molecule has 0 aliphatic heterocycles. The van der Waals surface area contributed by atoms with Crippen LogP contribution in [0.15, 0.2) is 22.9 Å². The van der Waals surface area contributed by atoms with Crippen LogP contribution >= 0.6 is 0 Å². The van der Waals surface area contributed by atoms with Crippen LogP contribution in [-0.4, -0.2) is 100 Å². The highest BCUT2D eigenvalue weighted by molar-refractivity contribution is 5.93. The van der Waals surface area contributed by atoms with Gasteiger partial charge in [0.25, 0.3) is 0 Å². The van der Waals surface area contributed by atoms with E-state index in [0.29, 0.717) is 82.3 Å². The first kappa shape index (κ1) is 31.0. The Morgan fingerprint density at radius 3 is 1.69 bits per heavy atom. The maximum atomic E-state index is 11.8. The molecule has 13 nitrogen and oxygen atoms in total. The summed E-state index contributed by atoms with van der Waals surface area (Å²) >= 11 is 0. The monoisotopic (exact) mass is 513 g/mol. The summed E-state index contributed by atoms with van der Waals surface area (Å²) in [5.74, 6) is 0.308. The van der Waals surface area contributed by atoms with Gasteiger partial charge in [-0.3, -0.25) is 0 Å². The molecule has 1 aromatic carbocycles. The summed E-state index contributed by atoms with van der Waals surface area (Å²) in [7, 11) is 5.75. The van der Waals surface area contributed by atoms with E-state index in [9.17, 15) is 4.79 Å². The van der Waals surface area contributed by atoms with Crippen LogP contribution in [0.5, 0.6) is 17.2 Å². The predicted octanol–water partition coefficient (Wildman–Crippen LogP) is 2.62. The van der Waals surface area contributed by atoms with Gasteiger partial charge in [0.15, 0.2) is 11.5 Å². The lowest BCUT2D eigenvalue weighted by Gasteiger charge is -2.15. The van der Waals surface area contributed by atoms with Gasteiger partial charge in [0.05, 0.1) is 80.8 Å². The van der Waals surface area contributed by atoms with E-state index >= 15 is 0 Å². The van der Waals surface area contributed by atoms with Crippen LogP contribution in [-0.2, 0) is 33.2 Å². The van der Waals surface area contributed by atoms with Gasteiger partial charge in [-0.25, -0.2) is 4.79 Å². The zero-order chi connectivity index (χ0) is 26.4. The molecule has 0 spiro atoms. The molecule has 0 atom stereocenters. The molecule has 13 heteroatoms. The maximum Gasteiger partial charge on any atom is 0.340 e. The van der Waals surface area contributed by atoms with E-state index in [0.717, 1.165) is 0 Å². The van der Waals surface area contributed by atoms with E-state index < -0.39 is 5.97 Å². The molecule has 36 heavy (non-hydrogen) atoms. The van der Waals surface area contributed by atoms with E-state index in [1.54, 1.807) is 19.2 Å². The summed E-state index contributed by atoms with van der Waals surface area (Å²) in [5, 5.41) is 3.36. The van der Waals surface area contributed by atoms with Crippen LogP contribution in [0.3, 0.4) is 0 Å². The normalized spacial score (nSPS) is 11.1. The number of benzene rings is 1. The Labute approximate surface area is 210 Å². The fourth-order valence-corrected chi connectivity index (χ4v) is 2.67. The van der Waals surface area contributed by atoms with Gasteiger partial charge in [0.2, 0.25) is 5.75 Å². The zero-order valence-electron chi connectivity index (χ0n) is 21.2. The summed E-state index contributed by atoms with van der Waals surface area (Å²) in [6.45, 7) is 4.46. The molecule has 0 fully saturated rings. The number of methoxy groups -OCH3 is 4. The van der Waals surface area contributed by atoms with Crippen molar-refractivity contribution in [2.24, 2.45) is 5.11 Å². The Balaban J connectivity index is 2.40. The fraction of sp³-hybridized carbons (Fsp3) is 0.609. The molecule has 0 aliphatic carbocycles. The van der Waals surface area contributed by atoms with Crippen LogP contribution in [0.4, 0.5) is 0 Å². The average molecular weight is 514 g/mol. The van der Waals surface area contributed by atoms with Crippen molar-refractivity contribution in [3.8, 4) is 17.2 Å². The minimum atomic E-state index is -0.775. The summed E-state index contributed by atoms with van der Waals surface area (Å²) < 4.78 is 47.7. The number of hydrogen-bond donors (Lipinski definition) is 0. The number of carbonyl (C=O) groups is 1. The third-order valence-corrected chi connectivity index (χ3v) is 4.36. The number of carbonyl (C=O) groups excluding carboxylic acids is 1. The third-order valence-electron chi connectivity index (χ3n) is 4.36. The molecule has 202 valence electrons. The van der Waals surface area contributed by atoms with Crippen molar-refractivity contribution in [3.05, 3.63) is 33.8 Å². The second kappa shape index (κ2) is 20.2. The lowest BCUT2D eigenvalue weighted by atomic mass is 10.1. The highest BCUT2D eigenvalue weighted by Crippen LogP contribution is 2.39. The van der Waals surface area contributed by atoms with Gasteiger partial charge in [0, 0.05) is 12.0 Å². The fourth-order valence-electron chi connectivity index (χ4n) is 2.67. The Kier molecular flexibility index (Phi) is 17.3. The lowest BCUT2D eigenvalue weighted by molar-refractivity contribution is -0.136. The van der Waals surface area contributed by atoms with Crippen LogP contribution in [0.2, 0.25) is 0 Å². The Bertz CT molecular complexity index is 818. The molecular formula is C23H35N3O10. The van der Waals surface area contributed by atoms with Crippen molar-refractivity contribution in [2.75, 3.05) is 94.5 Å². The molecule has 0 unspecified atom stereocenters. The molecule has 1 aromatic rings. The third kappa shape index (κ3) is 12.6. The van der Waals surface area contributed by atoms with E-state index in [4.69, 9.17) is 43.4 Å². The van der Waals surface area contributed by atoms with E-state index in [2.05, 4.69) is 14.8 Å². The molecule has 0 aromatic heterocycles. The molecule has 0 aliphatic rings. The number of nitrogens with zero attached hydrogens (tertiary/aromatic N) is 3.